The molecule has 0 radical (unpaired) electrons. The van der Waals surface area contributed by atoms with Gasteiger partial charge in [0.05, 0.1) is 37.5 Å². The van der Waals surface area contributed by atoms with E-state index in [9.17, 15) is 4.79 Å². The van der Waals surface area contributed by atoms with E-state index < -0.39 is 0 Å². The van der Waals surface area contributed by atoms with Crippen molar-refractivity contribution >= 4 is 33.8 Å². The number of benzene rings is 1. The summed E-state index contributed by atoms with van der Waals surface area (Å²) in [4.78, 5) is 23.1. The average Bonchev–Trinajstić information content (AvgIpc) is 3.19. The molecule has 1 fully saturated rings. The van der Waals surface area contributed by atoms with E-state index in [2.05, 4.69) is 14.9 Å². The lowest BCUT2D eigenvalue weighted by atomic mass is 10.2. The number of imidazole rings is 1. The number of nitrogens with one attached hydrogen (secondary N) is 1. The highest BCUT2D eigenvalue weighted by Gasteiger charge is 2.18. The number of urea groups is 1. The molecule has 10 nitrogen and oxygen atoms in total. The molecule has 10 heteroatoms. The summed E-state index contributed by atoms with van der Waals surface area (Å²) < 4.78 is 18.8. The van der Waals surface area contributed by atoms with E-state index in [1.165, 1.54) is 0 Å². The minimum Gasteiger partial charge on any atom is -0.382 e. The lowest BCUT2D eigenvalue weighted by Crippen LogP contribution is -2.46. The Bertz CT molecular complexity index is 1060. The number of anilines is 1. The maximum atomic E-state index is 12.1. The topological polar surface area (TPSA) is 117 Å². The SMILES string of the molecule is CCOCc1nc2c(N)nc3ccccc3c2n1CCOCCNC(=O)N1CCOCC1. The zero-order valence-electron chi connectivity index (χ0n) is 18.4. The van der Waals surface area contributed by atoms with Crippen molar-refractivity contribution in [3.63, 3.8) is 0 Å². The third kappa shape index (κ3) is 4.93. The molecule has 0 bridgehead atoms. The van der Waals surface area contributed by atoms with Crippen LogP contribution in [0.25, 0.3) is 21.9 Å². The molecule has 4 rings (SSSR count). The maximum absolute atomic E-state index is 12.1. The van der Waals surface area contributed by atoms with Crippen LogP contribution in [0.5, 0.6) is 0 Å². The average molecular weight is 443 g/mol. The number of para-hydroxylation sites is 1. The van der Waals surface area contributed by atoms with Crippen LogP contribution in [0.1, 0.15) is 12.7 Å². The van der Waals surface area contributed by atoms with Crippen molar-refractivity contribution in [2.24, 2.45) is 0 Å². The summed E-state index contributed by atoms with van der Waals surface area (Å²) in [6.45, 7) is 7.27. The molecule has 1 aliphatic heterocycles. The summed E-state index contributed by atoms with van der Waals surface area (Å²) in [6.07, 6.45) is 0. The second kappa shape index (κ2) is 10.6. The first-order valence-electron chi connectivity index (χ1n) is 11.0. The first-order chi connectivity index (χ1) is 15.7. The number of fused-ring (bicyclic) bond motifs is 3. The summed E-state index contributed by atoms with van der Waals surface area (Å²) in [5.41, 5.74) is 8.65. The third-order valence-corrected chi connectivity index (χ3v) is 5.40. The van der Waals surface area contributed by atoms with Gasteiger partial charge in [-0.05, 0) is 13.0 Å². The van der Waals surface area contributed by atoms with E-state index >= 15 is 0 Å². The number of amides is 2. The summed E-state index contributed by atoms with van der Waals surface area (Å²) >= 11 is 0. The Balaban J connectivity index is 1.40. The molecule has 3 N–H and O–H groups in total. The van der Waals surface area contributed by atoms with Gasteiger partial charge in [0.2, 0.25) is 0 Å². The highest BCUT2D eigenvalue weighted by Crippen LogP contribution is 2.29. The third-order valence-electron chi connectivity index (χ3n) is 5.40. The molecular weight excluding hydrogens is 412 g/mol. The molecule has 1 saturated heterocycles. The van der Waals surface area contributed by atoms with Gasteiger partial charge in [0.15, 0.2) is 5.82 Å². The van der Waals surface area contributed by atoms with Gasteiger partial charge in [-0.2, -0.15) is 0 Å². The van der Waals surface area contributed by atoms with Crippen LogP contribution >= 0.6 is 0 Å². The van der Waals surface area contributed by atoms with Crippen molar-refractivity contribution in [3.05, 3.63) is 30.1 Å². The largest absolute Gasteiger partial charge is 0.382 e. The quantitative estimate of drug-likeness (QED) is 0.485. The van der Waals surface area contributed by atoms with Gasteiger partial charge < -0.3 is 34.7 Å². The van der Waals surface area contributed by atoms with Gasteiger partial charge in [0, 0.05) is 38.2 Å². The first kappa shape index (κ1) is 22.3. The van der Waals surface area contributed by atoms with Crippen LogP contribution in [0.3, 0.4) is 0 Å². The Morgan fingerprint density at radius 1 is 1.19 bits per heavy atom. The van der Waals surface area contributed by atoms with Gasteiger partial charge in [-0.3, -0.25) is 0 Å². The van der Waals surface area contributed by atoms with Gasteiger partial charge >= 0.3 is 6.03 Å². The number of ether oxygens (including phenoxy) is 3. The fraction of sp³-hybridized carbons (Fsp3) is 0.500. The summed E-state index contributed by atoms with van der Waals surface area (Å²) in [5, 5.41) is 3.88. The van der Waals surface area contributed by atoms with Crippen molar-refractivity contribution < 1.29 is 19.0 Å². The highest BCUT2D eigenvalue weighted by molar-refractivity contribution is 6.06. The smallest absolute Gasteiger partial charge is 0.317 e. The molecule has 3 aromatic rings. The van der Waals surface area contributed by atoms with Gasteiger partial charge in [-0.25, -0.2) is 14.8 Å². The van der Waals surface area contributed by atoms with Crippen LogP contribution < -0.4 is 11.1 Å². The number of carbonyl (C=O) groups excluding carboxylic acids is 1. The zero-order chi connectivity index (χ0) is 22.3. The predicted molar refractivity (Wildman–Crippen MR) is 121 cm³/mol. The number of nitrogens with zero attached hydrogens (tertiary/aromatic N) is 4. The number of hydrogen-bond acceptors (Lipinski definition) is 7. The van der Waals surface area contributed by atoms with E-state index in [-0.39, 0.29) is 6.03 Å². The fourth-order valence-corrected chi connectivity index (χ4v) is 3.82. The lowest BCUT2D eigenvalue weighted by molar-refractivity contribution is 0.0523. The Morgan fingerprint density at radius 3 is 2.81 bits per heavy atom. The van der Waals surface area contributed by atoms with Crippen molar-refractivity contribution in [1.29, 1.82) is 0 Å². The minimum absolute atomic E-state index is 0.0778. The number of morpholine rings is 1. The first-order valence-corrected chi connectivity index (χ1v) is 11.0. The van der Waals surface area contributed by atoms with Crippen LogP contribution in [-0.2, 0) is 27.4 Å². The summed E-state index contributed by atoms with van der Waals surface area (Å²) in [5.74, 6) is 1.19. The molecule has 32 heavy (non-hydrogen) atoms. The van der Waals surface area contributed by atoms with Crippen LogP contribution in [0.15, 0.2) is 24.3 Å². The molecule has 3 heterocycles. The Morgan fingerprint density at radius 2 is 2.00 bits per heavy atom. The molecule has 0 aliphatic carbocycles. The normalized spacial score (nSPS) is 14.3. The van der Waals surface area contributed by atoms with E-state index in [4.69, 9.17) is 24.9 Å². The number of nitrogen functional groups attached to an aromatic ring is 1. The number of hydrogen-bond donors (Lipinski definition) is 2. The van der Waals surface area contributed by atoms with Crippen molar-refractivity contribution in [2.45, 2.75) is 20.1 Å². The number of aromatic nitrogens is 3. The van der Waals surface area contributed by atoms with E-state index in [0.29, 0.717) is 77.2 Å². The van der Waals surface area contributed by atoms with E-state index in [1.54, 1.807) is 4.90 Å². The summed E-state index contributed by atoms with van der Waals surface area (Å²) in [6, 6.07) is 7.81. The molecule has 0 saturated carbocycles. The minimum atomic E-state index is -0.0778. The summed E-state index contributed by atoms with van der Waals surface area (Å²) in [7, 11) is 0. The maximum Gasteiger partial charge on any atom is 0.317 e. The van der Waals surface area contributed by atoms with Crippen molar-refractivity contribution in [3.8, 4) is 0 Å². The lowest BCUT2D eigenvalue weighted by Gasteiger charge is -2.26. The fourth-order valence-electron chi connectivity index (χ4n) is 3.82. The van der Waals surface area contributed by atoms with Crippen molar-refractivity contribution in [1.82, 2.24) is 24.8 Å². The van der Waals surface area contributed by atoms with Crippen LogP contribution in [-0.4, -0.2) is 78.1 Å². The highest BCUT2D eigenvalue weighted by atomic mass is 16.5. The predicted octanol–water partition coefficient (Wildman–Crippen LogP) is 1.76. The molecule has 172 valence electrons. The van der Waals surface area contributed by atoms with Gasteiger partial charge in [-0.15, -0.1) is 0 Å². The molecule has 0 unspecified atom stereocenters. The standard InChI is InChI=1S/C22H30N6O4/c1-2-30-15-18-26-19-20(16-5-3-4-6-17(16)25-21(19)23)28(18)10-14-31-11-7-24-22(29)27-8-12-32-13-9-27/h3-6H,2,7-15H2,1H3,(H2,23,25)(H,24,29). The van der Waals surface area contributed by atoms with E-state index in [0.717, 1.165) is 22.2 Å². The van der Waals surface area contributed by atoms with Gasteiger partial charge in [-0.1, -0.05) is 18.2 Å². The zero-order valence-corrected chi connectivity index (χ0v) is 18.4. The number of nitrogens with two attached hydrogens (primary N) is 1. The Labute approximate surface area is 186 Å². The number of carbonyl (C=O) groups is 1. The number of pyridine rings is 1. The van der Waals surface area contributed by atoms with Gasteiger partial charge in [0.25, 0.3) is 0 Å². The molecule has 1 aliphatic rings. The molecular formula is C22H30N6O4. The monoisotopic (exact) mass is 442 g/mol. The van der Waals surface area contributed by atoms with Crippen LogP contribution in [0.2, 0.25) is 0 Å². The van der Waals surface area contributed by atoms with Crippen LogP contribution in [0.4, 0.5) is 10.6 Å². The number of rotatable bonds is 9. The second-order valence-electron chi connectivity index (χ2n) is 7.47. The molecule has 2 aromatic heterocycles. The molecule has 1 aromatic carbocycles. The van der Waals surface area contributed by atoms with Crippen molar-refractivity contribution in [2.75, 3.05) is 58.4 Å². The second-order valence-corrected chi connectivity index (χ2v) is 7.47. The van der Waals surface area contributed by atoms with Crippen LogP contribution in [0, 0.1) is 0 Å². The van der Waals surface area contributed by atoms with Gasteiger partial charge in [0.1, 0.15) is 17.9 Å². The Kier molecular flexibility index (Phi) is 7.35. The molecule has 2 amide bonds. The molecule has 0 spiro atoms. The molecule has 0 atom stereocenters. The Hall–Kier alpha value is -2.95. The van der Waals surface area contributed by atoms with E-state index in [1.807, 2.05) is 31.2 Å².